The summed E-state index contributed by atoms with van der Waals surface area (Å²) < 4.78 is 74.5. The molecule has 0 unspecified atom stereocenters. The summed E-state index contributed by atoms with van der Waals surface area (Å²) in [5.74, 6) is -7.29. The molecule has 3 fully saturated rings. The van der Waals surface area contributed by atoms with Crippen LogP contribution in [0.25, 0.3) is 10.8 Å². The summed E-state index contributed by atoms with van der Waals surface area (Å²) in [6, 6.07) is 8.11. The maximum Gasteiger partial charge on any atom is 0.307 e. The summed E-state index contributed by atoms with van der Waals surface area (Å²) in [6.07, 6.45) is 5.03. The summed E-state index contributed by atoms with van der Waals surface area (Å²) in [5.41, 5.74) is -3.50. The van der Waals surface area contributed by atoms with Gasteiger partial charge in [-0.2, -0.15) is 4.98 Å². The molecule has 15 heteroatoms. The fraction of sp³-hybridized carbons (Fsp3) is 0.659. The van der Waals surface area contributed by atoms with Crippen LogP contribution in [0.5, 0.6) is 11.8 Å². The molecule has 0 bridgehead atoms. The van der Waals surface area contributed by atoms with Crippen molar-refractivity contribution in [2.45, 2.75) is 148 Å². The first-order chi connectivity index (χ1) is 27.4. The molecule has 1 aromatic carbocycles. The maximum atomic E-state index is 15.0. The van der Waals surface area contributed by atoms with E-state index in [0.717, 1.165) is 19.2 Å². The van der Waals surface area contributed by atoms with Crippen molar-refractivity contribution in [3.05, 3.63) is 42.5 Å². The minimum atomic E-state index is -4.01. The van der Waals surface area contributed by atoms with Crippen LogP contribution in [-0.4, -0.2) is 82.9 Å². The lowest BCUT2D eigenvalue weighted by atomic mass is 9.82. The number of aromatic nitrogens is 1. The van der Waals surface area contributed by atoms with E-state index in [1.807, 2.05) is 64.1 Å². The Morgan fingerprint density at radius 2 is 1.78 bits per heavy atom. The van der Waals surface area contributed by atoms with Crippen LogP contribution in [0.3, 0.4) is 0 Å². The third kappa shape index (κ3) is 9.60. The van der Waals surface area contributed by atoms with E-state index in [4.69, 9.17) is 14.2 Å². The molecule has 59 heavy (non-hydrogen) atoms. The number of Topliss-reactive ketones (excluding diaryl/α,β-unsaturated/α-hetero) is 1. The third-order valence-corrected chi connectivity index (χ3v) is 15.1. The number of hydrogen-bond donors (Lipinski definition) is 1. The maximum absolute atomic E-state index is 15.0. The molecule has 1 N–H and O–H groups in total. The molecular formula is C44H59F2N3O9S. The average molecular weight is 844 g/mol. The van der Waals surface area contributed by atoms with Gasteiger partial charge in [0.2, 0.25) is 33.6 Å². The smallest absolute Gasteiger partial charge is 0.307 e. The van der Waals surface area contributed by atoms with Crippen molar-refractivity contribution < 1.29 is 50.6 Å². The van der Waals surface area contributed by atoms with Crippen molar-refractivity contribution in [3.63, 3.8) is 0 Å². The molecule has 7 atom stereocenters. The number of carbonyl (C=O) groups excluding carboxylic acids is 4. The van der Waals surface area contributed by atoms with E-state index in [9.17, 15) is 36.4 Å². The second-order valence-electron chi connectivity index (χ2n) is 18.6. The number of nitrogens with zero attached hydrogens (tertiary/aromatic N) is 2. The highest BCUT2D eigenvalue weighted by atomic mass is 32.2. The second-order valence-corrected chi connectivity index (χ2v) is 20.8. The van der Waals surface area contributed by atoms with Crippen molar-refractivity contribution in [1.82, 2.24) is 14.6 Å². The fourth-order valence-electron chi connectivity index (χ4n) is 8.37. The van der Waals surface area contributed by atoms with Crippen molar-refractivity contribution >= 4 is 44.4 Å². The zero-order chi connectivity index (χ0) is 43.3. The van der Waals surface area contributed by atoms with Crippen LogP contribution < -0.4 is 14.2 Å². The summed E-state index contributed by atoms with van der Waals surface area (Å²) >= 11 is 0. The van der Waals surface area contributed by atoms with E-state index in [2.05, 4.69) is 9.71 Å². The molecule has 2 aliphatic carbocycles. The van der Waals surface area contributed by atoms with Crippen molar-refractivity contribution in [2.24, 2.45) is 29.1 Å². The van der Waals surface area contributed by atoms with Gasteiger partial charge in [-0.25, -0.2) is 17.2 Å². The Morgan fingerprint density at radius 3 is 2.44 bits per heavy atom. The number of fused-ring (bicyclic) bond motifs is 3. The highest BCUT2D eigenvalue weighted by Crippen LogP contribution is 2.58. The Labute approximate surface area is 346 Å². The van der Waals surface area contributed by atoms with E-state index in [1.165, 1.54) is 4.90 Å². The molecule has 12 nitrogen and oxygen atoms in total. The molecule has 2 amide bonds. The first kappa shape index (κ1) is 44.4. The lowest BCUT2D eigenvalue weighted by molar-refractivity contribution is -0.197. The quantitative estimate of drug-likeness (QED) is 0.179. The van der Waals surface area contributed by atoms with Gasteiger partial charge in [-0.15, -0.1) is 0 Å². The zero-order valence-corrected chi connectivity index (χ0v) is 36.2. The number of benzene rings is 1. The number of nitrogens with one attached hydrogen (secondary N) is 1. The molecular weight excluding hydrogens is 785 g/mol. The van der Waals surface area contributed by atoms with Crippen molar-refractivity contribution in [3.8, 4) is 11.8 Å². The lowest BCUT2D eigenvalue weighted by Gasteiger charge is -2.34. The molecule has 2 aliphatic heterocycles. The molecule has 1 saturated heterocycles. The summed E-state index contributed by atoms with van der Waals surface area (Å²) in [4.78, 5) is 63.3. The van der Waals surface area contributed by atoms with Gasteiger partial charge >= 0.3 is 5.97 Å². The van der Waals surface area contributed by atoms with E-state index in [1.54, 1.807) is 13.0 Å². The number of amides is 2. The van der Waals surface area contributed by atoms with Gasteiger partial charge < -0.3 is 19.1 Å². The van der Waals surface area contributed by atoms with E-state index < -0.39 is 91.6 Å². The molecule has 0 spiro atoms. The predicted molar refractivity (Wildman–Crippen MR) is 217 cm³/mol. The number of pyridine rings is 1. The van der Waals surface area contributed by atoms with Crippen LogP contribution in [0.15, 0.2) is 42.5 Å². The normalized spacial score (nSPS) is 29.4. The predicted octanol–water partition coefficient (Wildman–Crippen LogP) is 7.33. The number of sulfonamides is 1. The molecule has 2 saturated carbocycles. The van der Waals surface area contributed by atoms with Crippen LogP contribution in [-0.2, 0) is 33.9 Å². The summed E-state index contributed by atoms with van der Waals surface area (Å²) in [6.45, 7) is 12.0. The number of hydrogen-bond acceptors (Lipinski definition) is 10. The third-order valence-electron chi connectivity index (χ3n) is 12.9. The minimum absolute atomic E-state index is 0.0153. The lowest BCUT2D eigenvalue weighted by Crippen LogP contribution is -2.49. The first-order valence-electron chi connectivity index (χ1n) is 20.8. The Bertz CT molecular complexity index is 2100. The SMILES string of the molecule is CC(C)Oc1cc2ccccc2c(O[C@@H]2C[C@H]3C(=O)C[C@]4(C(=O)NS(=O)(=O)C5(C)CC5)C[C@H]4/C=C\CC[C@@H](C)C[C@@H](C)[C@H](CC(=O)OC(C)(C)C(C)(F)F)C(=O)N3C2)n1. The summed E-state index contributed by atoms with van der Waals surface area (Å²) in [5, 5.41) is 1.48. The fourth-order valence-corrected chi connectivity index (χ4v) is 9.71. The highest BCUT2D eigenvalue weighted by molar-refractivity contribution is 7.91. The Kier molecular flexibility index (Phi) is 12.3. The van der Waals surface area contributed by atoms with Crippen LogP contribution in [0.4, 0.5) is 8.78 Å². The Morgan fingerprint density at radius 1 is 1.08 bits per heavy atom. The number of esters is 1. The number of halogens is 2. The van der Waals surface area contributed by atoms with Crippen LogP contribution >= 0.6 is 0 Å². The first-order valence-corrected chi connectivity index (χ1v) is 22.3. The van der Waals surface area contributed by atoms with Crippen molar-refractivity contribution in [2.75, 3.05) is 6.54 Å². The van der Waals surface area contributed by atoms with Gasteiger partial charge in [0.05, 0.1) is 41.2 Å². The van der Waals surface area contributed by atoms with Gasteiger partial charge in [0.25, 0.3) is 5.92 Å². The number of carbonyl (C=O) groups is 4. The van der Waals surface area contributed by atoms with E-state index >= 15 is 0 Å². The molecule has 324 valence electrons. The van der Waals surface area contributed by atoms with Gasteiger partial charge in [0, 0.05) is 31.2 Å². The molecule has 0 radical (unpaired) electrons. The van der Waals surface area contributed by atoms with Gasteiger partial charge in [0.1, 0.15) is 6.10 Å². The van der Waals surface area contributed by atoms with Crippen LogP contribution in [0, 0.1) is 29.1 Å². The van der Waals surface area contributed by atoms with Crippen LogP contribution in [0.2, 0.25) is 0 Å². The van der Waals surface area contributed by atoms with Gasteiger partial charge in [-0.1, -0.05) is 44.2 Å². The molecule has 2 aromatic rings. The molecule has 3 heterocycles. The highest BCUT2D eigenvalue weighted by Gasteiger charge is 2.63. The molecule has 4 aliphatic rings. The minimum Gasteiger partial charge on any atom is -0.475 e. The Balaban J connectivity index is 1.37. The summed E-state index contributed by atoms with van der Waals surface area (Å²) in [7, 11) is -4.01. The number of alkyl halides is 2. The topological polar surface area (TPSA) is 158 Å². The molecule has 1 aromatic heterocycles. The van der Waals surface area contributed by atoms with E-state index in [-0.39, 0.29) is 43.7 Å². The largest absolute Gasteiger partial charge is 0.475 e. The average Bonchev–Trinajstić information content (AvgIpc) is 4.01. The monoisotopic (exact) mass is 843 g/mol. The number of ether oxygens (including phenoxy) is 3. The number of allylic oxidation sites excluding steroid dienone is 2. The van der Waals surface area contributed by atoms with E-state index in [0.29, 0.717) is 50.3 Å². The standard InChI is InChI=1S/C44H59F2N3O9S/c1-26(2)56-36-20-29-14-10-12-16-32(29)38(47-36)57-31-21-34-35(50)24-44(40(53)48-59(54,55)42(7)17-18-42)23-30(44)15-11-9-13-27(3)19-28(4)33(39(52)49(34)25-31)22-37(51)58-41(5,6)43(8,45)46/h10-12,14-16,20,26-28,30-31,33-34H,9,13,17-19,21-25H2,1-8H3,(H,48,53)/b15-11-/t27-,28-,30-,31-,33+,34+,44-/m1/s1. The second kappa shape index (κ2) is 16.4. The zero-order valence-electron chi connectivity index (χ0n) is 35.4. The molecule has 6 rings (SSSR count). The van der Waals surface area contributed by atoms with Gasteiger partial charge in [-0.3, -0.25) is 23.9 Å². The number of rotatable bonds is 11. The van der Waals surface area contributed by atoms with Crippen molar-refractivity contribution in [1.29, 1.82) is 0 Å². The van der Waals surface area contributed by atoms with Crippen LogP contribution in [0.1, 0.15) is 113 Å². The van der Waals surface area contributed by atoms with Gasteiger partial charge in [0.15, 0.2) is 11.4 Å². The van der Waals surface area contributed by atoms with Gasteiger partial charge in [-0.05, 0) is 102 Å². The Hall–Kier alpha value is -4.14. The number of ketones is 1.